The molecule has 4 aromatic rings. The molecule has 0 aliphatic heterocycles. The third kappa shape index (κ3) is 3.50. The Bertz CT molecular complexity index is 1210. The van der Waals surface area contributed by atoms with Gasteiger partial charge in [0, 0.05) is 27.9 Å². The molecule has 2 N–H and O–H groups in total. The highest BCUT2D eigenvalue weighted by Gasteiger charge is 2.13. The van der Waals surface area contributed by atoms with Crippen LogP contribution >= 0.6 is 11.6 Å². The summed E-state index contributed by atoms with van der Waals surface area (Å²) in [6.07, 6.45) is 1.41. The number of rotatable bonds is 4. The molecule has 7 heteroatoms. The van der Waals surface area contributed by atoms with Gasteiger partial charge in [-0.1, -0.05) is 29.8 Å². The number of fused-ring (bicyclic) bond motifs is 1. The van der Waals surface area contributed by atoms with E-state index in [2.05, 4.69) is 15.3 Å². The third-order valence-corrected chi connectivity index (χ3v) is 4.41. The van der Waals surface area contributed by atoms with Crippen LogP contribution in [0.2, 0.25) is 5.02 Å². The SMILES string of the molecule is O=C(O)c1cc(Nc2cc(-c3cc(Cl)ccc3F)nc3ccccc23)ccn1. The molecule has 138 valence electrons. The van der Waals surface area contributed by atoms with Crippen LogP contribution in [0.15, 0.2) is 66.9 Å². The minimum absolute atomic E-state index is 0.0792. The molecule has 0 saturated carbocycles. The molecule has 4 rings (SSSR count). The Labute approximate surface area is 164 Å². The molecule has 5 nitrogen and oxygen atoms in total. The van der Waals surface area contributed by atoms with Gasteiger partial charge < -0.3 is 10.4 Å². The Hall–Kier alpha value is -3.51. The van der Waals surface area contributed by atoms with Gasteiger partial charge >= 0.3 is 5.97 Å². The Morgan fingerprint density at radius 1 is 1.07 bits per heavy atom. The summed E-state index contributed by atoms with van der Waals surface area (Å²) in [5.74, 6) is -1.56. The highest BCUT2D eigenvalue weighted by atomic mass is 35.5. The fourth-order valence-corrected chi connectivity index (χ4v) is 3.06. The van der Waals surface area contributed by atoms with Crippen molar-refractivity contribution in [2.24, 2.45) is 0 Å². The van der Waals surface area contributed by atoms with E-state index in [0.717, 1.165) is 5.39 Å². The van der Waals surface area contributed by atoms with E-state index in [1.165, 1.54) is 30.5 Å². The Kier molecular flexibility index (Phi) is 4.63. The molecule has 0 atom stereocenters. The van der Waals surface area contributed by atoms with Gasteiger partial charge in [-0.25, -0.2) is 19.2 Å². The number of anilines is 2. The summed E-state index contributed by atoms with van der Waals surface area (Å²) in [5, 5.41) is 13.5. The lowest BCUT2D eigenvalue weighted by molar-refractivity contribution is 0.0690. The van der Waals surface area contributed by atoms with Crippen LogP contribution in [0.5, 0.6) is 0 Å². The highest BCUT2D eigenvalue weighted by molar-refractivity contribution is 6.30. The van der Waals surface area contributed by atoms with Crippen LogP contribution in [0, 0.1) is 5.82 Å². The number of benzene rings is 2. The van der Waals surface area contributed by atoms with Gasteiger partial charge in [-0.2, -0.15) is 0 Å². The van der Waals surface area contributed by atoms with E-state index in [1.54, 1.807) is 12.1 Å². The molecule has 0 amide bonds. The molecular weight excluding hydrogens is 381 g/mol. The van der Waals surface area contributed by atoms with Crippen LogP contribution in [0.25, 0.3) is 22.2 Å². The van der Waals surface area contributed by atoms with Crippen LogP contribution in [0.1, 0.15) is 10.5 Å². The maximum absolute atomic E-state index is 14.4. The molecular formula is C21H13ClFN3O2. The number of carbonyl (C=O) groups is 1. The fourth-order valence-electron chi connectivity index (χ4n) is 2.89. The van der Waals surface area contributed by atoms with Crippen LogP contribution in [-0.4, -0.2) is 21.0 Å². The molecule has 0 saturated heterocycles. The minimum atomic E-state index is -1.12. The molecule has 0 aliphatic rings. The second kappa shape index (κ2) is 7.25. The highest BCUT2D eigenvalue weighted by Crippen LogP contribution is 2.32. The summed E-state index contributed by atoms with van der Waals surface area (Å²) >= 11 is 6.03. The van der Waals surface area contributed by atoms with E-state index in [4.69, 9.17) is 16.7 Å². The number of carboxylic acids is 1. The molecule has 0 spiro atoms. The summed E-state index contributed by atoms with van der Waals surface area (Å²) in [4.78, 5) is 19.5. The van der Waals surface area contributed by atoms with Crippen molar-refractivity contribution in [3.63, 3.8) is 0 Å². The zero-order valence-electron chi connectivity index (χ0n) is 14.4. The first-order valence-electron chi connectivity index (χ1n) is 8.33. The number of carboxylic acid groups (broad SMARTS) is 1. The third-order valence-electron chi connectivity index (χ3n) is 4.18. The fraction of sp³-hybridized carbons (Fsp3) is 0. The average molecular weight is 394 g/mol. The van der Waals surface area contributed by atoms with E-state index in [1.807, 2.05) is 24.3 Å². The lowest BCUT2D eigenvalue weighted by Crippen LogP contribution is -2.01. The molecule has 2 aromatic heterocycles. The van der Waals surface area contributed by atoms with Gasteiger partial charge in [0.25, 0.3) is 0 Å². The molecule has 28 heavy (non-hydrogen) atoms. The van der Waals surface area contributed by atoms with Crippen molar-refractivity contribution >= 4 is 39.8 Å². The largest absolute Gasteiger partial charge is 0.477 e. The number of nitrogens with one attached hydrogen (secondary N) is 1. The number of para-hydroxylation sites is 1. The Balaban J connectivity index is 1.86. The number of aromatic carboxylic acids is 1. The monoisotopic (exact) mass is 393 g/mol. The van der Waals surface area contributed by atoms with E-state index in [0.29, 0.717) is 27.6 Å². The van der Waals surface area contributed by atoms with Crippen LogP contribution in [0.4, 0.5) is 15.8 Å². The molecule has 0 bridgehead atoms. The van der Waals surface area contributed by atoms with E-state index in [9.17, 15) is 9.18 Å². The number of hydrogen-bond acceptors (Lipinski definition) is 4. The predicted molar refractivity (Wildman–Crippen MR) is 107 cm³/mol. The first-order chi connectivity index (χ1) is 13.5. The second-order valence-corrected chi connectivity index (χ2v) is 6.49. The van der Waals surface area contributed by atoms with Gasteiger partial charge in [0.05, 0.1) is 16.9 Å². The van der Waals surface area contributed by atoms with Crippen molar-refractivity contribution in [2.45, 2.75) is 0 Å². The second-order valence-electron chi connectivity index (χ2n) is 6.06. The normalized spacial score (nSPS) is 10.8. The van der Waals surface area contributed by atoms with Gasteiger partial charge in [0.2, 0.25) is 0 Å². The molecule has 0 aliphatic carbocycles. The standard InChI is InChI=1S/C21H13ClFN3O2/c22-12-5-6-16(23)15(9-12)19-11-18(14-3-1-2-4-17(14)26-19)25-13-7-8-24-20(10-13)21(27)28/h1-11H,(H,27,28)(H,24,25,26). The quantitative estimate of drug-likeness (QED) is 0.476. The zero-order chi connectivity index (χ0) is 19.7. The molecule has 0 radical (unpaired) electrons. The van der Waals surface area contributed by atoms with Gasteiger partial charge in [-0.05, 0) is 42.5 Å². The van der Waals surface area contributed by atoms with Crippen molar-refractivity contribution in [3.8, 4) is 11.3 Å². The Morgan fingerprint density at radius 3 is 2.71 bits per heavy atom. The van der Waals surface area contributed by atoms with Crippen molar-refractivity contribution in [2.75, 3.05) is 5.32 Å². The first-order valence-corrected chi connectivity index (χ1v) is 8.70. The van der Waals surface area contributed by atoms with Crippen molar-refractivity contribution in [1.82, 2.24) is 9.97 Å². The van der Waals surface area contributed by atoms with E-state index < -0.39 is 11.8 Å². The van der Waals surface area contributed by atoms with Crippen molar-refractivity contribution < 1.29 is 14.3 Å². The van der Waals surface area contributed by atoms with Gasteiger partial charge in [-0.3, -0.25) is 0 Å². The summed E-state index contributed by atoms with van der Waals surface area (Å²) < 4.78 is 14.4. The number of pyridine rings is 2. The number of halogens is 2. The summed E-state index contributed by atoms with van der Waals surface area (Å²) in [6, 6.07) is 16.5. The maximum atomic E-state index is 14.4. The Morgan fingerprint density at radius 2 is 1.89 bits per heavy atom. The molecule has 2 heterocycles. The lowest BCUT2D eigenvalue weighted by atomic mass is 10.1. The summed E-state index contributed by atoms with van der Waals surface area (Å²) in [7, 11) is 0. The van der Waals surface area contributed by atoms with Crippen molar-refractivity contribution in [1.29, 1.82) is 0 Å². The van der Waals surface area contributed by atoms with E-state index >= 15 is 0 Å². The van der Waals surface area contributed by atoms with Gasteiger partial charge in [0.1, 0.15) is 11.5 Å². The van der Waals surface area contributed by atoms with Gasteiger partial charge in [0.15, 0.2) is 0 Å². The first kappa shape index (κ1) is 17.9. The smallest absolute Gasteiger partial charge is 0.354 e. The zero-order valence-corrected chi connectivity index (χ0v) is 15.1. The van der Waals surface area contributed by atoms with E-state index in [-0.39, 0.29) is 11.3 Å². The summed E-state index contributed by atoms with van der Waals surface area (Å²) in [5.41, 5.74) is 2.47. The van der Waals surface area contributed by atoms with Crippen LogP contribution < -0.4 is 5.32 Å². The predicted octanol–water partition coefficient (Wildman–Crippen LogP) is 5.53. The van der Waals surface area contributed by atoms with Crippen molar-refractivity contribution in [3.05, 3.63) is 83.4 Å². The molecule has 0 unspecified atom stereocenters. The molecule has 0 fully saturated rings. The minimum Gasteiger partial charge on any atom is -0.477 e. The number of aromatic nitrogens is 2. The topological polar surface area (TPSA) is 75.1 Å². The average Bonchev–Trinajstić information content (AvgIpc) is 2.70. The summed E-state index contributed by atoms with van der Waals surface area (Å²) in [6.45, 7) is 0. The number of hydrogen-bond donors (Lipinski definition) is 2. The number of nitrogens with zero attached hydrogens (tertiary/aromatic N) is 2. The maximum Gasteiger partial charge on any atom is 0.354 e. The lowest BCUT2D eigenvalue weighted by Gasteiger charge is -2.13. The molecule has 2 aromatic carbocycles. The van der Waals surface area contributed by atoms with Crippen LogP contribution in [-0.2, 0) is 0 Å². The van der Waals surface area contributed by atoms with Crippen LogP contribution in [0.3, 0.4) is 0 Å². The van der Waals surface area contributed by atoms with Gasteiger partial charge in [-0.15, -0.1) is 0 Å².